The van der Waals surface area contributed by atoms with E-state index in [1.807, 2.05) is 6.92 Å². The molecule has 0 aromatic heterocycles. The molecule has 0 saturated carbocycles. The van der Waals surface area contributed by atoms with Gasteiger partial charge < -0.3 is 15.9 Å². The molecule has 0 unspecified atom stereocenters. The summed E-state index contributed by atoms with van der Waals surface area (Å²) < 4.78 is 0. The summed E-state index contributed by atoms with van der Waals surface area (Å²) >= 11 is 0. The Kier molecular flexibility index (Phi) is 3.28. The highest BCUT2D eigenvalue weighted by Gasteiger charge is 2.14. The van der Waals surface area contributed by atoms with E-state index in [0.29, 0.717) is 12.0 Å². The zero-order valence-corrected chi connectivity index (χ0v) is 7.64. The molecule has 13 heavy (non-hydrogen) atoms. The van der Waals surface area contributed by atoms with Crippen LogP contribution in [0, 0.1) is 0 Å². The number of hydrogen-bond acceptors (Lipinski definition) is 3. The van der Waals surface area contributed by atoms with E-state index in [0.717, 1.165) is 0 Å². The van der Waals surface area contributed by atoms with Gasteiger partial charge in [-0.25, -0.2) is 0 Å². The van der Waals surface area contributed by atoms with Crippen molar-refractivity contribution in [3.05, 3.63) is 29.8 Å². The van der Waals surface area contributed by atoms with Crippen molar-refractivity contribution in [1.29, 1.82) is 0 Å². The average molecular weight is 181 g/mol. The number of hydrogen-bond donors (Lipinski definition) is 3. The van der Waals surface area contributed by atoms with E-state index in [1.165, 1.54) is 6.07 Å². The second kappa shape index (κ2) is 4.25. The molecule has 0 amide bonds. The Morgan fingerprint density at radius 1 is 1.46 bits per heavy atom. The summed E-state index contributed by atoms with van der Waals surface area (Å²) in [6.45, 7) is 1.91. The predicted molar refractivity (Wildman–Crippen MR) is 51.3 cm³/mol. The highest BCUT2D eigenvalue weighted by molar-refractivity contribution is 5.29. The van der Waals surface area contributed by atoms with Crippen LogP contribution in [0.4, 0.5) is 0 Å². The van der Waals surface area contributed by atoms with Gasteiger partial charge in [-0.1, -0.05) is 19.1 Å². The third kappa shape index (κ3) is 2.44. The molecule has 1 rings (SSSR count). The van der Waals surface area contributed by atoms with Crippen molar-refractivity contribution in [1.82, 2.24) is 0 Å². The minimum Gasteiger partial charge on any atom is -0.508 e. The molecular formula is C10H15NO2. The highest BCUT2D eigenvalue weighted by atomic mass is 16.3. The molecule has 0 saturated heterocycles. The molecule has 0 aliphatic carbocycles. The molecule has 1 aromatic rings. The summed E-state index contributed by atoms with van der Waals surface area (Å²) in [5.74, 6) is 0.153. The standard InChI is InChI=1S/C10H15NO2/c1-2-9(11)10(13)7-4-3-5-8(12)6-7/h3-6,9-10,12-13H,2,11H2,1H3/t9-,10-/m0/s1. The molecule has 3 heteroatoms. The Morgan fingerprint density at radius 2 is 2.15 bits per heavy atom. The minimum atomic E-state index is -0.697. The molecule has 4 N–H and O–H groups in total. The molecule has 0 aliphatic heterocycles. The minimum absolute atomic E-state index is 0.153. The highest BCUT2D eigenvalue weighted by Crippen LogP contribution is 2.20. The quantitative estimate of drug-likeness (QED) is 0.655. The normalized spacial score (nSPS) is 15.3. The van der Waals surface area contributed by atoms with Crippen molar-refractivity contribution >= 4 is 0 Å². The zero-order valence-electron chi connectivity index (χ0n) is 7.64. The number of rotatable bonds is 3. The molecule has 2 atom stereocenters. The van der Waals surface area contributed by atoms with Gasteiger partial charge in [0.25, 0.3) is 0 Å². The zero-order chi connectivity index (χ0) is 9.84. The summed E-state index contributed by atoms with van der Waals surface area (Å²) in [6, 6.07) is 6.26. The summed E-state index contributed by atoms with van der Waals surface area (Å²) in [7, 11) is 0. The maximum atomic E-state index is 9.68. The number of aliphatic hydroxyl groups is 1. The summed E-state index contributed by atoms with van der Waals surface area (Å²) in [5.41, 5.74) is 6.33. The topological polar surface area (TPSA) is 66.5 Å². The van der Waals surface area contributed by atoms with E-state index in [2.05, 4.69) is 0 Å². The SMILES string of the molecule is CC[C@H](N)[C@@H](O)c1cccc(O)c1. The first-order valence-electron chi connectivity index (χ1n) is 4.37. The maximum Gasteiger partial charge on any atom is 0.115 e. The Labute approximate surface area is 77.8 Å². The van der Waals surface area contributed by atoms with Gasteiger partial charge in [-0.15, -0.1) is 0 Å². The lowest BCUT2D eigenvalue weighted by atomic mass is 10.0. The number of phenolic OH excluding ortho intramolecular Hbond substituents is 1. The number of nitrogens with two attached hydrogens (primary N) is 1. The fraction of sp³-hybridized carbons (Fsp3) is 0.400. The van der Waals surface area contributed by atoms with Crippen molar-refractivity contribution in [2.75, 3.05) is 0 Å². The van der Waals surface area contributed by atoms with Gasteiger partial charge in [0.2, 0.25) is 0 Å². The average Bonchev–Trinajstić information content (AvgIpc) is 2.15. The second-order valence-electron chi connectivity index (χ2n) is 3.11. The molecule has 0 radical (unpaired) electrons. The Morgan fingerprint density at radius 3 is 2.69 bits per heavy atom. The maximum absolute atomic E-state index is 9.68. The lowest BCUT2D eigenvalue weighted by Gasteiger charge is -2.17. The van der Waals surface area contributed by atoms with Crippen LogP contribution in [0.25, 0.3) is 0 Å². The lowest BCUT2D eigenvalue weighted by Crippen LogP contribution is -2.27. The smallest absolute Gasteiger partial charge is 0.115 e. The van der Waals surface area contributed by atoms with Crippen LogP contribution in [0.5, 0.6) is 5.75 Å². The molecule has 0 spiro atoms. The Bertz CT molecular complexity index is 275. The summed E-state index contributed by atoms with van der Waals surface area (Å²) in [5, 5.41) is 18.8. The van der Waals surface area contributed by atoms with E-state index in [-0.39, 0.29) is 11.8 Å². The Hall–Kier alpha value is -1.06. The van der Waals surface area contributed by atoms with E-state index in [1.54, 1.807) is 18.2 Å². The molecule has 0 aliphatic rings. The number of phenols is 1. The molecule has 0 heterocycles. The first kappa shape index (κ1) is 10.0. The van der Waals surface area contributed by atoms with Crippen LogP contribution in [0.1, 0.15) is 25.0 Å². The summed E-state index contributed by atoms with van der Waals surface area (Å²) in [4.78, 5) is 0. The van der Waals surface area contributed by atoms with Gasteiger partial charge in [0, 0.05) is 6.04 Å². The van der Waals surface area contributed by atoms with Crippen molar-refractivity contribution in [2.45, 2.75) is 25.5 Å². The van der Waals surface area contributed by atoms with Crippen LogP contribution in [-0.4, -0.2) is 16.3 Å². The van der Waals surface area contributed by atoms with Gasteiger partial charge in [-0.3, -0.25) is 0 Å². The van der Waals surface area contributed by atoms with Gasteiger partial charge in [0.05, 0.1) is 6.10 Å². The van der Waals surface area contributed by atoms with Crippen molar-refractivity contribution in [2.24, 2.45) is 5.73 Å². The first-order valence-corrected chi connectivity index (χ1v) is 4.37. The molecule has 72 valence electrons. The van der Waals surface area contributed by atoms with Crippen LogP contribution in [0.2, 0.25) is 0 Å². The van der Waals surface area contributed by atoms with Crippen LogP contribution in [0.15, 0.2) is 24.3 Å². The second-order valence-corrected chi connectivity index (χ2v) is 3.11. The van der Waals surface area contributed by atoms with E-state index in [4.69, 9.17) is 10.8 Å². The monoisotopic (exact) mass is 181 g/mol. The molecule has 0 fully saturated rings. The van der Waals surface area contributed by atoms with E-state index >= 15 is 0 Å². The molecule has 1 aromatic carbocycles. The van der Waals surface area contributed by atoms with Gasteiger partial charge in [0.1, 0.15) is 5.75 Å². The van der Waals surface area contributed by atoms with E-state index in [9.17, 15) is 5.11 Å². The third-order valence-corrected chi connectivity index (χ3v) is 2.09. The number of aliphatic hydroxyl groups excluding tert-OH is 1. The van der Waals surface area contributed by atoms with Crippen molar-refractivity contribution in [3.63, 3.8) is 0 Å². The fourth-order valence-electron chi connectivity index (χ4n) is 1.18. The Balaban J connectivity index is 2.82. The predicted octanol–water partition coefficient (Wildman–Crippen LogP) is 1.16. The number of aromatic hydroxyl groups is 1. The van der Waals surface area contributed by atoms with Crippen LogP contribution in [0.3, 0.4) is 0 Å². The van der Waals surface area contributed by atoms with Gasteiger partial charge in [-0.2, -0.15) is 0 Å². The van der Waals surface area contributed by atoms with Crippen LogP contribution < -0.4 is 5.73 Å². The van der Waals surface area contributed by atoms with Crippen molar-refractivity contribution in [3.8, 4) is 5.75 Å². The molecular weight excluding hydrogens is 166 g/mol. The van der Waals surface area contributed by atoms with Crippen LogP contribution >= 0.6 is 0 Å². The van der Waals surface area contributed by atoms with Crippen LogP contribution in [-0.2, 0) is 0 Å². The molecule has 0 bridgehead atoms. The third-order valence-electron chi connectivity index (χ3n) is 2.09. The van der Waals surface area contributed by atoms with Gasteiger partial charge in [0.15, 0.2) is 0 Å². The van der Waals surface area contributed by atoms with Gasteiger partial charge in [-0.05, 0) is 24.1 Å². The number of benzene rings is 1. The first-order chi connectivity index (χ1) is 6.15. The van der Waals surface area contributed by atoms with Gasteiger partial charge >= 0.3 is 0 Å². The fourth-order valence-corrected chi connectivity index (χ4v) is 1.18. The summed E-state index contributed by atoms with van der Waals surface area (Å²) in [6.07, 6.45) is 0.00805. The van der Waals surface area contributed by atoms with Crippen molar-refractivity contribution < 1.29 is 10.2 Å². The largest absolute Gasteiger partial charge is 0.508 e. The molecule has 3 nitrogen and oxygen atoms in total. The van der Waals surface area contributed by atoms with E-state index < -0.39 is 6.10 Å². The lowest BCUT2D eigenvalue weighted by molar-refractivity contribution is 0.144.